The Labute approximate surface area is 165 Å². The average Bonchev–Trinajstić information content (AvgIpc) is 3.13. The van der Waals surface area contributed by atoms with Gasteiger partial charge in [-0.25, -0.2) is 4.98 Å². The summed E-state index contributed by atoms with van der Waals surface area (Å²) in [6.45, 7) is 3.68. The number of fused-ring (bicyclic) bond motifs is 1. The van der Waals surface area contributed by atoms with Crippen LogP contribution >= 0.6 is 11.8 Å². The van der Waals surface area contributed by atoms with E-state index in [0.717, 1.165) is 54.4 Å². The summed E-state index contributed by atoms with van der Waals surface area (Å²) in [4.78, 5) is 20.3. The van der Waals surface area contributed by atoms with Gasteiger partial charge in [0.05, 0.1) is 16.7 Å². The average molecular weight is 390 g/mol. The Morgan fingerprint density at radius 2 is 1.96 bits per heavy atom. The lowest BCUT2D eigenvalue weighted by atomic mass is 10.1. The number of ether oxygens (including phenoxy) is 1. The van der Waals surface area contributed by atoms with Crippen molar-refractivity contribution < 1.29 is 4.74 Å². The van der Waals surface area contributed by atoms with Crippen LogP contribution in [0.2, 0.25) is 0 Å². The smallest absolute Gasteiger partial charge is 0.259 e. The van der Waals surface area contributed by atoms with E-state index < -0.39 is 0 Å². The molecule has 6 heteroatoms. The lowest BCUT2D eigenvalue weighted by molar-refractivity contribution is 0.1000. The number of rotatable bonds is 5. The summed E-state index contributed by atoms with van der Waals surface area (Å²) in [7, 11) is 0. The highest BCUT2D eigenvalue weighted by atomic mass is 32.2. The van der Waals surface area contributed by atoms with Gasteiger partial charge in [-0.05, 0) is 50.3 Å². The molecule has 2 aliphatic rings. The third-order valence-electron chi connectivity index (χ3n) is 5.41. The molecule has 1 aliphatic carbocycles. The van der Waals surface area contributed by atoms with Crippen LogP contribution in [-0.4, -0.2) is 34.5 Å². The molecule has 1 saturated heterocycles. The van der Waals surface area contributed by atoms with Crippen molar-refractivity contribution in [2.75, 3.05) is 18.5 Å². The predicted molar refractivity (Wildman–Crippen MR) is 115 cm³/mol. The van der Waals surface area contributed by atoms with Crippen molar-refractivity contribution in [1.82, 2.24) is 9.97 Å². The van der Waals surface area contributed by atoms with Gasteiger partial charge in [0.1, 0.15) is 5.82 Å². The fourth-order valence-corrected chi connectivity index (χ4v) is 5.07. The third-order valence-corrected chi connectivity index (χ3v) is 6.79. The highest BCUT2D eigenvalue weighted by Gasteiger charge is 2.17. The largest absolute Gasteiger partial charge is 0.382 e. The number of thioether (sulfide) groups is 1. The van der Waals surface area contributed by atoms with Crippen LogP contribution in [0.5, 0.6) is 0 Å². The zero-order valence-corrected chi connectivity index (χ0v) is 16.2. The van der Waals surface area contributed by atoms with Crippen LogP contribution < -0.4 is 10.9 Å². The van der Waals surface area contributed by atoms with Crippen LogP contribution in [0, 0.1) is 6.92 Å². The first kappa shape index (κ1) is 20.2. The highest BCUT2D eigenvalue weighted by Crippen LogP contribution is 2.27. The second-order valence-electron chi connectivity index (χ2n) is 7.45. The summed E-state index contributed by atoms with van der Waals surface area (Å²) in [5.74, 6) is 1.52. The van der Waals surface area contributed by atoms with Crippen LogP contribution in [0.3, 0.4) is 0 Å². The van der Waals surface area contributed by atoms with Crippen molar-refractivity contribution in [3.05, 3.63) is 33.9 Å². The van der Waals surface area contributed by atoms with Gasteiger partial charge in [0, 0.05) is 30.2 Å². The Morgan fingerprint density at radius 3 is 2.70 bits per heavy atom. The minimum absolute atomic E-state index is 0. The third kappa shape index (κ3) is 4.85. The van der Waals surface area contributed by atoms with Gasteiger partial charge in [0.2, 0.25) is 0 Å². The van der Waals surface area contributed by atoms with E-state index in [1.165, 1.54) is 25.7 Å². The number of hydrogen-bond acceptors (Lipinski definition) is 5. The molecule has 2 N–H and O–H groups in total. The van der Waals surface area contributed by atoms with E-state index in [9.17, 15) is 4.79 Å². The highest BCUT2D eigenvalue weighted by molar-refractivity contribution is 7.99. The van der Waals surface area contributed by atoms with Gasteiger partial charge in [-0.15, -0.1) is 0 Å². The number of nitrogens with one attached hydrogen (secondary N) is 2. The number of nitrogens with zero attached hydrogens (tertiary/aromatic N) is 1. The summed E-state index contributed by atoms with van der Waals surface area (Å²) in [6, 6.07) is 4.67. The Kier molecular flexibility index (Phi) is 6.82. The van der Waals surface area contributed by atoms with Crippen LogP contribution in [0.15, 0.2) is 16.9 Å². The predicted octanol–water partition coefficient (Wildman–Crippen LogP) is 4.63. The van der Waals surface area contributed by atoms with Crippen LogP contribution in [0.4, 0.5) is 5.69 Å². The minimum atomic E-state index is -0.0255. The lowest BCUT2D eigenvalue weighted by Gasteiger charge is -2.21. The molecule has 1 aromatic carbocycles. The first-order valence-corrected chi connectivity index (χ1v) is 10.7. The molecule has 0 unspecified atom stereocenters. The van der Waals surface area contributed by atoms with E-state index in [-0.39, 0.29) is 13.0 Å². The van der Waals surface area contributed by atoms with Gasteiger partial charge in [-0.1, -0.05) is 20.3 Å². The van der Waals surface area contributed by atoms with Gasteiger partial charge < -0.3 is 15.0 Å². The molecule has 4 rings (SSSR count). The molecule has 1 saturated carbocycles. The van der Waals surface area contributed by atoms with Crippen molar-refractivity contribution in [2.45, 2.75) is 69.9 Å². The number of hydrogen-bond donors (Lipinski definition) is 2. The minimum Gasteiger partial charge on any atom is -0.382 e. The van der Waals surface area contributed by atoms with Crippen LogP contribution in [0.25, 0.3) is 10.9 Å². The fraction of sp³-hybridized carbons (Fsp3) is 0.619. The van der Waals surface area contributed by atoms with Crippen molar-refractivity contribution in [1.29, 1.82) is 0 Å². The van der Waals surface area contributed by atoms with Crippen molar-refractivity contribution >= 4 is 28.4 Å². The van der Waals surface area contributed by atoms with Crippen LogP contribution in [0.1, 0.15) is 57.3 Å². The fourth-order valence-electron chi connectivity index (χ4n) is 4.02. The van der Waals surface area contributed by atoms with Crippen molar-refractivity contribution in [3.63, 3.8) is 0 Å². The number of anilines is 1. The number of aryl methyl sites for hydroxylation is 1. The molecule has 0 radical (unpaired) electrons. The van der Waals surface area contributed by atoms with Crippen molar-refractivity contribution in [2.24, 2.45) is 0 Å². The Hall–Kier alpha value is -1.53. The number of aromatic nitrogens is 2. The van der Waals surface area contributed by atoms with Gasteiger partial charge >= 0.3 is 0 Å². The molecule has 27 heavy (non-hydrogen) atoms. The molecule has 2 fully saturated rings. The van der Waals surface area contributed by atoms with E-state index >= 15 is 0 Å². The first-order chi connectivity index (χ1) is 12.7. The summed E-state index contributed by atoms with van der Waals surface area (Å²) in [5.41, 5.74) is 2.85. The second-order valence-corrected chi connectivity index (χ2v) is 8.74. The quantitative estimate of drug-likeness (QED) is 0.780. The molecule has 0 amide bonds. The Bertz CT molecular complexity index is 824. The van der Waals surface area contributed by atoms with Gasteiger partial charge in [-0.2, -0.15) is 11.8 Å². The molecule has 2 aromatic rings. The monoisotopic (exact) mass is 389 g/mol. The molecular formula is C21H31N3O2S. The van der Waals surface area contributed by atoms with E-state index in [0.29, 0.717) is 16.7 Å². The van der Waals surface area contributed by atoms with E-state index in [1.54, 1.807) is 0 Å². The lowest BCUT2D eigenvalue weighted by Crippen LogP contribution is -2.19. The SMILES string of the molecule is C.Cc1cc(NC2CCCC2)cc2nc(CSC3CCOCC3)[nH]c(=O)c12. The topological polar surface area (TPSA) is 67.0 Å². The molecule has 2 heterocycles. The maximum atomic E-state index is 12.6. The zero-order chi connectivity index (χ0) is 17.9. The maximum absolute atomic E-state index is 12.6. The van der Waals surface area contributed by atoms with Crippen molar-refractivity contribution in [3.8, 4) is 0 Å². The molecule has 0 atom stereocenters. The maximum Gasteiger partial charge on any atom is 0.259 e. The number of H-pyrrole nitrogens is 1. The normalized spacial score (nSPS) is 18.6. The molecule has 148 valence electrons. The summed E-state index contributed by atoms with van der Waals surface area (Å²) in [6.07, 6.45) is 7.22. The van der Waals surface area contributed by atoms with Gasteiger partial charge in [-0.3, -0.25) is 4.79 Å². The van der Waals surface area contributed by atoms with E-state index in [4.69, 9.17) is 9.72 Å². The molecular weight excluding hydrogens is 358 g/mol. The second kappa shape index (κ2) is 9.11. The molecule has 0 spiro atoms. The van der Waals surface area contributed by atoms with Gasteiger partial charge in [0.15, 0.2) is 0 Å². The molecule has 0 bridgehead atoms. The van der Waals surface area contributed by atoms with Gasteiger partial charge in [0.25, 0.3) is 5.56 Å². The van der Waals surface area contributed by atoms with E-state index in [2.05, 4.69) is 16.4 Å². The number of aromatic amines is 1. The Balaban J connectivity index is 0.00000210. The Morgan fingerprint density at radius 1 is 1.22 bits per heavy atom. The molecule has 5 nitrogen and oxygen atoms in total. The summed E-state index contributed by atoms with van der Waals surface area (Å²) >= 11 is 1.87. The summed E-state index contributed by atoms with van der Waals surface area (Å²) in [5, 5.41) is 4.93. The zero-order valence-electron chi connectivity index (χ0n) is 15.3. The molecule has 1 aliphatic heterocycles. The van der Waals surface area contributed by atoms with Crippen LogP contribution in [-0.2, 0) is 10.5 Å². The first-order valence-electron chi connectivity index (χ1n) is 9.68. The number of benzene rings is 1. The van der Waals surface area contributed by atoms with E-state index in [1.807, 2.05) is 24.8 Å². The standard InChI is InChI=1S/C20H27N3O2S.CH4/c1-13-10-15(21-14-4-2-3-5-14)11-17-19(13)20(24)23-18(22-17)12-26-16-6-8-25-9-7-16;/h10-11,14,16,21H,2-9,12H2,1H3,(H,22,23,24);1H4. The molecule has 1 aromatic heterocycles. The summed E-state index contributed by atoms with van der Waals surface area (Å²) < 4.78 is 5.42.